The maximum absolute atomic E-state index is 13.6. The second-order valence-electron chi connectivity index (χ2n) is 9.32. The van der Waals surface area contributed by atoms with Crippen LogP contribution in [-0.2, 0) is 4.79 Å². The first-order valence-corrected chi connectivity index (χ1v) is 13.4. The van der Waals surface area contributed by atoms with Crippen molar-refractivity contribution in [3.63, 3.8) is 0 Å². The van der Waals surface area contributed by atoms with Crippen molar-refractivity contribution in [2.75, 3.05) is 5.75 Å². The van der Waals surface area contributed by atoms with Gasteiger partial charge in [-0.05, 0) is 81.3 Å². The van der Waals surface area contributed by atoms with Crippen molar-refractivity contribution >= 4 is 40.2 Å². The van der Waals surface area contributed by atoms with Crippen LogP contribution in [0.25, 0.3) is 16.6 Å². The van der Waals surface area contributed by atoms with Gasteiger partial charge >= 0.3 is 0 Å². The molecule has 34 heavy (non-hydrogen) atoms. The van der Waals surface area contributed by atoms with Gasteiger partial charge in [0.1, 0.15) is 0 Å². The molecule has 2 aromatic carbocycles. The van der Waals surface area contributed by atoms with Gasteiger partial charge in [0, 0.05) is 17.1 Å². The van der Waals surface area contributed by atoms with Gasteiger partial charge in [0.2, 0.25) is 5.91 Å². The maximum atomic E-state index is 13.6. The Hall–Kier alpha value is -2.31. The largest absolute Gasteiger partial charge is 0.337 e. The fourth-order valence-corrected chi connectivity index (χ4v) is 5.82. The molecule has 3 atom stereocenters. The zero-order valence-electron chi connectivity index (χ0n) is 20.3. The van der Waals surface area contributed by atoms with Crippen molar-refractivity contribution in [2.45, 2.75) is 76.5 Å². The minimum Gasteiger partial charge on any atom is -0.337 e. The molecule has 7 heteroatoms. The van der Waals surface area contributed by atoms with Crippen molar-refractivity contribution < 1.29 is 4.79 Å². The number of rotatable bonds is 6. The van der Waals surface area contributed by atoms with Gasteiger partial charge in [0.15, 0.2) is 5.16 Å². The fourth-order valence-electron chi connectivity index (χ4n) is 4.76. The Morgan fingerprint density at radius 3 is 2.47 bits per heavy atom. The summed E-state index contributed by atoms with van der Waals surface area (Å²) in [6, 6.07) is 13.7. The van der Waals surface area contributed by atoms with Gasteiger partial charge in [-0.15, -0.1) is 0 Å². The molecule has 1 saturated heterocycles. The highest BCUT2D eigenvalue weighted by Crippen LogP contribution is 2.27. The van der Waals surface area contributed by atoms with E-state index in [1.165, 1.54) is 17.3 Å². The molecule has 0 aliphatic carbocycles. The summed E-state index contributed by atoms with van der Waals surface area (Å²) in [6.45, 7) is 8.59. The number of aromatic nitrogens is 2. The SMILES string of the molecule is CCC(C)c1ccc(-n2c(SCC(=O)N3C(C)CCCC3C)nc3ccc(Cl)cc3c2=O)cc1. The number of amides is 1. The maximum Gasteiger partial charge on any atom is 0.266 e. The van der Waals surface area contributed by atoms with Crippen LogP contribution >= 0.6 is 23.4 Å². The summed E-state index contributed by atoms with van der Waals surface area (Å²) in [4.78, 5) is 33.5. The molecule has 1 amide bonds. The molecule has 0 N–H and O–H groups in total. The number of benzene rings is 2. The molecule has 3 aromatic rings. The molecular weight excluding hydrogens is 466 g/mol. The summed E-state index contributed by atoms with van der Waals surface area (Å²) in [7, 11) is 0. The normalized spacial score (nSPS) is 19.4. The van der Waals surface area contributed by atoms with Crippen LogP contribution in [0.1, 0.15) is 64.9 Å². The lowest BCUT2D eigenvalue weighted by atomic mass is 9.98. The van der Waals surface area contributed by atoms with Crippen LogP contribution in [0.4, 0.5) is 0 Å². The molecule has 2 heterocycles. The molecule has 0 saturated carbocycles. The van der Waals surface area contributed by atoms with Crippen LogP contribution in [0.15, 0.2) is 52.4 Å². The molecule has 0 spiro atoms. The molecule has 1 aliphatic rings. The van der Waals surface area contributed by atoms with Crippen LogP contribution in [0.5, 0.6) is 0 Å². The average molecular weight is 498 g/mol. The van der Waals surface area contributed by atoms with E-state index in [2.05, 4.69) is 39.8 Å². The first-order valence-electron chi connectivity index (χ1n) is 12.1. The van der Waals surface area contributed by atoms with E-state index in [-0.39, 0.29) is 29.3 Å². The molecule has 1 fully saturated rings. The van der Waals surface area contributed by atoms with Crippen LogP contribution in [0, 0.1) is 0 Å². The molecule has 0 bridgehead atoms. The predicted molar refractivity (Wildman–Crippen MR) is 141 cm³/mol. The Kier molecular flexibility index (Phi) is 7.68. The summed E-state index contributed by atoms with van der Waals surface area (Å²) in [6.07, 6.45) is 4.26. The van der Waals surface area contributed by atoms with Gasteiger partial charge in [-0.2, -0.15) is 0 Å². The molecule has 0 radical (unpaired) electrons. The van der Waals surface area contributed by atoms with Crippen LogP contribution in [0.3, 0.4) is 0 Å². The van der Waals surface area contributed by atoms with Crippen molar-refractivity contribution in [3.05, 3.63) is 63.4 Å². The highest BCUT2D eigenvalue weighted by molar-refractivity contribution is 7.99. The lowest BCUT2D eigenvalue weighted by molar-refractivity contribution is -0.134. The number of nitrogens with zero attached hydrogens (tertiary/aromatic N) is 3. The average Bonchev–Trinajstić information content (AvgIpc) is 2.83. The number of carbonyl (C=O) groups excluding carboxylic acids is 1. The molecule has 1 aliphatic heterocycles. The van der Waals surface area contributed by atoms with Gasteiger partial charge < -0.3 is 4.90 Å². The van der Waals surface area contributed by atoms with E-state index < -0.39 is 0 Å². The summed E-state index contributed by atoms with van der Waals surface area (Å²) in [5.41, 5.74) is 2.37. The predicted octanol–water partition coefficient (Wildman–Crippen LogP) is 6.43. The zero-order valence-corrected chi connectivity index (χ0v) is 21.8. The second-order valence-corrected chi connectivity index (χ2v) is 10.7. The van der Waals surface area contributed by atoms with E-state index in [4.69, 9.17) is 16.6 Å². The van der Waals surface area contributed by atoms with Gasteiger partial charge in [0.25, 0.3) is 5.56 Å². The number of hydrogen-bond acceptors (Lipinski definition) is 4. The highest BCUT2D eigenvalue weighted by atomic mass is 35.5. The quantitative estimate of drug-likeness (QED) is 0.290. The second kappa shape index (κ2) is 10.5. The van der Waals surface area contributed by atoms with E-state index in [1.54, 1.807) is 22.8 Å². The third kappa shape index (κ3) is 5.03. The molecule has 4 rings (SSSR count). The van der Waals surface area contributed by atoms with Crippen molar-refractivity contribution in [3.8, 4) is 5.69 Å². The molecule has 1 aromatic heterocycles. The molecule has 180 valence electrons. The number of piperidine rings is 1. The molecule has 3 unspecified atom stereocenters. The van der Waals surface area contributed by atoms with E-state index >= 15 is 0 Å². The number of thioether (sulfide) groups is 1. The van der Waals surface area contributed by atoms with Crippen molar-refractivity contribution in [1.29, 1.82) is 0 Å². The van der Waals surface area contributed by atoms with Crippen molar-refractivity contribution in [1.82, 2.24) is 14.5 Å². The zero-order chi connectivity index (χ0) is 24.4. The summed E-state index contributed by atoms with van der Waals surface area (Å²) < 4.78 is 1.61. The van der Waals surface area contributed by atoms with Crippen molar-refractivity contribution in [2.24, 2.45) is 0 Å². The Labute approximate surface area is 210 Å². The minimum absolute atomic E-state index is 0.0915. The Morgan fingerprint density at radius 2 is 1.82 bits per heavy atom. The lowest BCUT2D eigenvalue weighted by Gasteiger charge is -2.39. The van der Waals surface area contributed by atoms with Gasteiger partial charge in [-0.25, -0.2) is 4.98 Å². The van der Waals surface area contributed by atoms with E-state index in [0.29, 0.717) is 27.0 Å². The lowest BCUT2D eigenvalue weighted by Crippen LogP contribution is -2.48. The van der Waals surface area contributed by atoms with E-state index in [9.17, 15) is 9.59 Å². The van der Waals surface area contributed by atoms with Gasteiger partial charge in [0.05, 0.1) is 22.3 Å². The topological polar surface area (TPSA) is 55.2 Å². The first kappa shape index (κ1) is 24.8. The summed E-state index contributed by atoms with van der Waals surface area (Å²) in [5.74, 6) is 0.777. The first-order chi connectivity index (χ1) is 16.3. The van der Waals surface area contributed by atoms with E-state index in [1.807, 2.05) is 17.0 Å². The van der Waals surface area contributed by atoms with Crippen LogP contribution in [-0.4, -0.2) is 38.2 Å². The smallest absolute Gasteiger partial charge is 0.266 e. The Balaban J connectivity index is 1.72. The number of likely N-dealkylation sites (tertiary alicyclic amines) is 1. The Morgan fingerprint density at radius 1 is 1.15 bits per heavy atom. The van der Waals surface area contributed by atoms with Gasteiger partial charge in [-0.3, -0.25) is 14.2 Å². The standard InChI is InChI=1S/C27H32ClN3O2S/c1-5-17(2)20-9-12-22(13-10-20)31-26(33)23-15-21(28)11-14-24(23)29-27(31)34-16-25(32)30-18(3)7-6-8-19(30)4/h9-15,17-19H,5-8,16H2,1-4H3. The summed E-state index contributed by atoms with van der Waals surface area (Å²) >= 11 is 7.51. The minimum atomic E-state index is -0.182. The third-order valence-electron chi connectivity index (χ3n) is 6.94. The van der Waals surface area contributed by atoms with Gasteiger partial charge in [-0.1, -0.05) is 49.3 Å². The molecular formula is C27H32ClN3O2S. The summed E-state index contributed by atoms with van der Waals surface area (Å²) in [5, 5.41) is 1.47. The van der Waals surface area contributed by atoms with Crippen LogP contribution < -0.4 is 5.56 Å². The number of hydrogen-bond donors (Lipinski definition) is 0. The fraction of sp³-hybridized carbons (Fsp3) is 0.444. The Bertz CT molecular complexity index is 1230. The number of carbonyl (C=O) groups is 1. The number of fused-ring (bicyclic) bond motifs is 1. The number of halogens is 1. The third-order valence-corrected chi connectivity index (χ3v) is 8.10. The van der Waals surface area contributed by atoms with Crippen LogP contribution in [0.2, 0.25) is 5.02 Å². The van der Waals surface area contributed by atoms with E-state index in [0.717, 1.165) is 31.4 Å². The monoisotopic (exact) mass is 497 g/mol. The highest BCUT2D eigenvalue weighted by Gasteiger charge is 2.29. The molecule has 5 nitrogen and oxygen atoms in total.